The molecule has 0 aliphatic heterocycles. The van der Waals surface area contributed by atoms with Gasteiger partial charge in [-0.2, -0.15) is 0 Å². The maximum Gasteiger partial charge on any atom is 0.408 e. The quantitative estimate of drug-likeness (QED) is 0.0438. The van der Waals surface area contributed by atoms with Gasteiger partial charge in [0.15, 0.2) is 69.2 Å². The van der Waals surface area contributed by atoms with Gasteiger partial charge in [-0.25, -0.2) is 22.8 Å². The van der Waals surface area contributed by atoms with Gasteiger partial charge in [0.1, 0.15) is 56.0 Å². The fraction of sp³-hybridized carbons (Fsp3) is 0.301. The van der Waals surface area contributed by atoms with Gasteiger partial charge in [0, 0.05) is 135 Å². The molecule has 0 bridgehead atoms. The predicted octanol–water partition coefficient (Wildman–Crippen LogP) is 21.1. The maximum absolute atomic E-state index is 15.2. The van der Waals surface area contributed by atoms with Crippen LogP contribution in [-0.2, 0) is 107 Å². The summed E-state index contributed by atoms with van der Waals surface area (Å²) in [7, 11) is 7.90. The summed E-state index contributed by atoms with van der Waals surface area (Å²) in [5.41, 5.74) is 16.6. The first-order chi connectivity index (χ1) is 55.5. The SMILES string of the molecule is C.C.C.CC1=Cc2c(ccc(O)c2F)C1.COc1cc2c(Oc3ccc4c(c3F)C=C(C)C4)ccnc2cc1OCC1(N)CC1.COc1ccc(COC(=O)NC2(COc3cc4nccc(Cl)c4cc3OC)CC2)cc1.COc1ccc(COC(=O)NC2(COc3cc4nccc(Oc5ccc6c(c5F)C=C(C)C6)c4cc3OC)CC2)cc1.[Y].[Y]. The van der Waals surface area contributed by atoms with Crippen molar-refractivity contribution < 1.29 is 150 Å². The Morgan fingerprint density at radius 2 is 0.792 bits per heavy atom. The van der Waals surface area contributed by atoms with Crippen molar-refractivity contribution in [3.63, 3.8) is 0 Å². The van der Waals surface area contributed by atoms with Crippen molar-refractivity contribution in [2.45, 2.75) is 131 Å². The number of phenolic OH excluding ortho intramolecular Hbond substituents is 1. The zero-order valence-electron chi connectivity index (χ0n) is 65.9. The second-order valence-electron chi connectivity index (χ2n) is 29.4. The van der Waals surface area contributed by atoms with E-state index in [4.69, 9.17) is 79.3 Å². The zero-order valence-corrected chi connectivity index (χ0v) is 72.3. The van der Waals surface area contributed by atoms with Crippen LogP contribution >= 0.6 is 11.6 Å². The van der Waals surface area contributed by atoms with E-state index in [1.165, 1.54) is 6.07 Å². The number of allylic oxidation sites excluding steroid dienone is 3. The first kappa shape index (κ1) is 93.7. The Morgan fingerprint density at radius 1 is 0.433 bits per heavy atom. The molecule has 27 heteroatoms. The molecule has 0 spiro atoms. The number of carbonyl (C=O) groups excluding carboxylic acids is 2. The van der Waals surface area contributed by atoms with E-state index in [0.29, 0.717) is 108 Å². The number of carbonyl (C=O) groups is 2. The number of methoxy groups -OCH3 is 5. The monoisotopic (exact) mass is 1810 g/mol. The molecule has 6 aliphatic carbocycles. The van der Waals surface area contributed by atoms with Gasteiger partial charge >= 0.3 is 12.2 Å². The maximum atomic E-state index is 15.2. The Bertz CT molecular complexity index is 5630. The van der Waals surface area contributed by atoms with Crippen molar-refractivity contribution in [1.29, 1.82) is 0 Å². The average molecular weight is 1810 g/mol. The van der Waals surface area contributed by atoms with Crippen molar-refractivity contribution in [2.75, 3.05) is 55.4 Å². The second kappa shape index (κ2) is 40.9. The molecule has 120 heavy (non-hydrogen) atoms. The summed E-state index contributed by atoms with van der Waals surface area (Å²) in [5.74, 6) is 4.45. The van der Waals surface area contributed by atoms with Crippen molar-refractivity contribution in [1.82, 2.24) is 25.6 Å². The van der Waals surface area contributed by atoms with E-state index < -0.39 is 29.1 Å². The summed E-state index contributed by atoms with van der Waals surface area (Å²) in [4.78, 5) is 38.0. The minimum absolute atomic E-state index is 0. The van der Waals surface area contributed by atoms with E-state index >= 15 is 8.78 Å². The van der Waals surface area contributed by atoms with Gasteiger partial charge in [0.05, 0.1) is 73.7 Å². The van der Waals surface area contributed by atoms with Crippen LogP contribution in [0.4, 0.5) is 22.8 Å². The molecule has 0 saturated heterocycles. The van der Waals surface area contributed by atoms with Crippen LogP contribution in [0.5, 0.6) is 74.7 Å². The van der Waals surface area contributed by atoms with Crippen molar-refractivity contribution in [3.8, 4) is 74.7 Å². The largest absolute Gasteiger partial charge is 0.505 e. The summed E-state index contributed by atoms with van der Waals surface area (Å²) in [6.07, 6.45) is 16.8. The molecule has 0 atom stereocenters. The average Bonchev–Trinajstić information content (AvgIpc) is 1.55. The molecule has 21 nitrogen and oxygen atoms in total. The zero-order chi connectivity index (χ0) is 80.7. The number of aromatic nitrogens is 3. The number of rotatable bonds is 24. The minimum atomic E-state index is -0.521. The number of aromatic hydroxyl groups is 1. The fourth-order valence-corrected chi connectivity index (χ4v) is 13.7. The Balaban J connectivity index is 0.000000190. The summed E-state index contributed by atoms with van der Waals surface area (Å²) < 4.78 is 111. The normalized spacial score (nSPS) is 14.2. The number of benzene rings is 8. The molecular weight excluding hydrogens is 1710 g/mol. The summed E-state index contributed by atoms with van der Waals surface area (Å²) in [6.45, 7) is 7.22. The number of pyridine rings is 3. The number of hydrogen-bond donors (Lipinski definition) is 4. The van der Waals surface area contributed by atoms with Crippen molar-refractivity contribution in [2.24, 2.45) is 5.73 Å². The molecule has 2 radical (unpaired) electrons. The Hall–Kier alpha value is -10.2. The fourth-order valence-electron chi connectivity index (χ4n) is 13.5. The molecule has 8 aromatic carbocycles. The third-order valence-corrected chi connectivity index (χ3v) is 20.9. The number of ether oxygens (including phenoxy) is 12. The van der Waals surface area contributed by atoms with E-state index in [-0.39, 0.29) is 142 Å². The number of amides is 2. The Kier molecular flexibility index (Phi) is 31.9. The third-order valence-electron chi connectivity index (χ3n) is 20.6. The van der Waals surface area contributed by atoms with Gasteiger partial charge in [0.25, 0.3) is 0 Å². The first-order valence-corrected chi connectivity index (χ1v) is 37.8. The molecule has 3 aromatic heterocycles. The van der Waals surface area contributed by atoms with E-state index in [2.05, 4.69) is 25.6 Å². The van der Waals surface area contributed by atoms with Crippen molar-refractivity contribution in [3.05, 3.63) is 242 Å². The Labute approximate surface area is 752 Å². The second-order valence-corrected chi connectivity index (χ2v) is 29.8. The molecule has 5 N–H and O–H groups in total. The van der Waals surface area contributed by atoms with Crippen LogP contribution in [0.2, 0.25) is 5.02 Å². The van der Waals surface area contributed by atoms with Crippen LogP contribution < -0.4 is 63.7 Å². The van der Waals surface area contributed by atoms with E-state index in [1.807, 2.05) is 93.6 Å². The van der Waals surface area contributed by atoms with E-state index in [0.717, 1.165) is 119 Å². The number of nitrogens with two attached hydrogens (primary N) is 1. The van der Waals surface area contributed by atoms with Crippen LogP contribution in [0.1, 0.15) is 126 Å². The number of nitrogens with one attached hydrogen (secondary N) is 2. The van der Waals surface area contributed by atoms with Gasteiger partial charge in [-0.1, -0.05) is 111 Å². The van der Waals surface area contributed by atoms with E-state index in [1.54, 1.807) is 133 Å². The minimum Gasteiger partial charge on any atom is -0.505 e. The standard InChI is InChI=1S/C33H31FN2O6.C24H23FN2O3.C23H23ClN2O5.C10H9FO.3CH4.2Y/c1-20-14-22-6-9-28(31(34)24(22)15-20)42-27-10-13-35-26-17-30(29(39-3)16-25(26)27)41-19-33(11-12-33)36-32(37)40-18-21-4-7-23(38-2)8-5-21;1-14-9-15-3-4-20(23(25)16(15)10-14)30-19-5-8-27-18-12-22(21(28-2)11-17(18)19)29-13-24(26)6-7-24;1-28-16-5-3-15(4-6-16)13-30-22(27)26-23(8-9-23)14-31-21-12-19-17(11-20(21)29-2)18(24)7-10-25-19;1-6-4-7-2-3-9(12)10(11)8(7)5-6;;;;;/h4-10,13,15-17H,11-12,14,18-19H2,1-3H3,(H,36,37);3-5,8,10-12H,6-7,9,13,26H2,1-2H3;3-7,10-12H,8-9,13-14H2,1-2H3,(H,26,27);2-3,5,12H,4H2,1H3;3*1H4;;. The first-order valence-electron chi connectivity index (χ1n) is 37.4. The molecule has 3 saturated carbocycles. The summed E-state index contributed by atoms with van der Waals surface area (Å²) >= 11 is 6.24. The number of fused-ring (bicyclic) bond motifs is 6. The molecule has 6 aliphatic rings. The van der Waals surface area contributed by atoms with Crippen LogP contribution in [0.15, 0.2) is 175 Å². The van der Waals surface area contributed by atoms with Gasteiger partial charge in [-0.3, -0.25) is 15.0 Å². The van der Waals surface area contributed by atoms with Gasteiger partial charge in [-0.05, 0) is 185 Å². The molecule has 0 unspecified atom stereocenters. The number of phenols is 1. The molecular formula is C93H98ClF3N6O15Y2. The topological polar surface area (TPSA) is 254 Å². The molecule has 17 rings (SSSR count). The molecule has 3 heterocycles. The van der Waals surface area contributed by atoms with Crippen LogP contribution in [-0.4, -0.2) is 104 Å². The van der Waals surface area contributed by atoms with E-state index in [9.17, 15) is 14.0 Å². The van der Waals surface area contributed by atoms with Crippen LogP contribution in [0.3, 0.4) is 0 Å². The van der Waals surface area contributed by atoms with Crippen LogP contribution in [0.25, 0.3) is 50.9 Å². The number of halogens is 4. The third kappa shape index (κ3) is 22.5. The van der Waals surface area contributed by atoms with Crippen LogP contribution in [0, 0.1) is 17.5 Å². The van der Waals surface area contributed by atoms with Gasteiger partial charge < -0.3 is 78.3 Å². The number of alkyl carbamates (subject to hydrolysis) is 2. The van der Waals surface area contributed by atoms with Crippen molar-refractivity contribution >= 4 is 74.7 Å². The van der Waals surface area contributed by atoms with Gasteiger partial charge in [0.2, 0.25) is 0 Å². The number of nitrogens with zero attached hydrogens (tertiary/aromatic N) is 3. The van der Waals surface area contributed by atoms with Gasteiger partial charge in [-0.15, -0.1) is 0 Å². The molecule has 2 amide bonds. The molecule has 11 aromatic rings. The smallest absolute Gasteiger partial charge is 0.408 e. The summed E-state index contributed by atoms with van der Waals surface area (Å²) in [6, 6.07) is 40.9. The predicted molar refractivity (Wildman–Crippen MR) is 452 cm³/mol. The number of hydrogen-bond acceptors (Lipinski definition) is 19. The Morgan fingerprint density at radius 3 is 1.17 bits per heavy atom. The molecule has 3 fully saturated rings. The molecule has 624 valence electrons. The summed E-state index contributed by atoms with van der Waals surface area (Å²) in [5, 5.41) is 17.7.